The second kappa shape index (κ2) is 8.76. The van der Waals surface area contributed by atoms with Crippen molar-refractivity contribution in [1.29, 1.82) is 0 Å². The Morgan fingerprint density at radius 1 is 1.41 bits per heavy atom. The highest BCUT2D eigenvalue weighted by atomic mass is 35.5. The molecule has 27 heavy (non-hydrogen) atoms. The van der Waals surface area contributed by atoms with E-state index in [-0.39, 0.29) is 17.2 Å². The number of alkyl halides is 1. The molecule has 1 aromatic carbocycles. The Bertz CT molecular complexity index is 873. The lowest BCUT2D eigenvalue weighted by atomic mass is 9.96. The van der Waals surface area contributed by atoms with Crippen LogP contribution in [0.3, 0.4) is 0 Å². The summed E-state index contributed by atoms with van der Waals surface area (Å²) in [7, 11) is 3.65. The molecule has 5 nitrogen and oxygen atoms in total. The van der Waals surface area contributed by atoms with E-state index in [2.05, 4.69) is 46.5 Å². The van der Waals surface area contributed by atoms with Crippen molar-refractivity contribution in [2.45, 2.75) is 29.7 Å². The van der Waals surface area contributed by atoms with E-state index < -0.39 is 0 Å². The lowest BCUT2D eigenvalue weighted by molar-refractivity contribution is -0.120. The van der Waals surface area contributed by atoms with Gasteiger partial charge in [-0.2, -0.15) is 0 Å². The van der Waals surface area contributed by atoms with Gasteiger partial charge < -0.3 is 9.88 Å². The Balaban J connectivity index is 1.79. The molecule has 2 atom stereocenters. The number of thioether (sulfide) groups is 1. The fraction of sp³-hybridized carbons (Fsp3) is 0.350. The number of hydrogen-bond acceptors (Lipinski definition) is 4. The minimum Gasteiger partial charge on any atom is -0.359 e. The molecule has 2 heterocycles. The maximum atomic E-state index is 11.6. The van der Waals surface area contributed by atoms with Crippen LogP contribution in [-0.2, 0) is 11.8 Å². The van der Waals surface area contributed by atoms with Crippen molar-refractivity contribution in [3.8, 4) is 11.3 Å². The molecular formula is C20H23ClN4OS. The van der Waals surface area contributed by atoms with Crippen LogP contribution < -0.4 is 5.32 Å². The lowest BCUT2D eigenvalue weighted by Gasteiger charge is -2.13. The molecule has 0 bridgehead atoms. The van der Waals surface area contributed by atoms with E-state index >= 15 is 0 Å². The number of aliphatic imine (C=N–C) groups is 1. The number of carbonyl (C=O) groups excluding carboxylic acids is 1. The number of dihydropyridines is 1. The van der Waals surface area contributed by atoms with Crippen molar-refractivity contribution in [1.82, 2.24) is 14.9 Å². The summed E-state index contributed by atoms with van der Waals surface area (Å²) in [5, 5.41) is 4.63. The predicted molar refractivity (Wildman–Crippen MR) is 113 cm³/mol. The minimum absolute atomic E-state index is 0.0234. The molecule has 0 spiro atoms. The number of imidazole rings is 1. The van der Waals surface area contributed by atoms with E-state index in [4.69, 9.17) is 11.6 Å². The normalized spacial score (nSPS) is 17.5. The minimum atomic E-state index is -0.0234. The van der Waals surface area contributed by atoms with Gasteiger partial charge in [-0.1, -0.05) is 49.0 Å². The second-order valence-electron chi connectivity index (χ2n) is 6.57. The van der Waals surface area contributed by atoms with E-state index in [1.807, 2.05) is 30.1 Å². The monoisotopic (exact) mass is 402 g/mol. The molecule has 1 aliphatic heterocycles. The zero-order chi connectivity index (χ0) is 19.4. The van der Waals surface area contributed by atoms with Gasteiger partial charge >= 0.3 is 0 Å². The van der Waals surface area contributed by atoms with Crippen LogP contribution in [0.15, 0.2) is 52.8 Å². The number of aryl methyl sites for hydroxylation is 1. The number of aromatic nitrogens is 2. The summed E-state index contributed by atoms with van der Waals surface area (Å²) in [5.74, 6) is 0.220. The Hall–Kier alpha value is -2.05. The summed E-state index contributed by atoms with van der Waals surface area (Å²) in [6, 6.07) is 8.27. The van der Waals surface area contributed by atoms with Crippen LogP contribution >= 0.6 is 23.4 Å². The van der Waals surface area contributed by atoms with Crippen LogP contribution in [-0.4, -0.2) is 39.5 Å². The lowest BCUT2D eigenvalue weighted by Crippen LogP contribution is -2.19. The first kappa shape index (κ1) is 19.7. The topological polar surface area (TPSA) is 59.3 Å². The third kappa shape index (κ3) is 4.82. The summed E-state index contributed by atoms with van der Waals surface area (Å²) in [4.78, 5) is 20.7. The number of halogens is 1. The van der Waals surface area contributed by atoms with Gasteiger partial charge in [0.05, 0.1) is 23.3 Å². The van der Waals surface area contributed by atoms with E-state index in [0.717, 1.165) is 26.9 Å². The highest BCUT2D eigenvalue weighted by molar-refractivity contribution is 8.14. The van der Waals surface area contributed by atoms with Gasteiger partial charge in [0.15, 0.2) is 0 Å². The molecule has 0 fully saturated rings. The van der Waals surface area contributed by atoms with E-state index in [9.17, 15) is 4.79 Å². The van der Waals surface area contributed by atoms with Gasteiger partial charge in [0.2, 0.25) is 5.91 Å². The molecule has 1 N–H and O–H groups in total. The Kier molecular flexibility index (Phi) is 6.39. The van der Waals surface area contributed by atoms with Gasteiger partial charge in [0, 0.05) is 26.1 Å². The maximum Gasteiger partial charge on any atom is 0.220 e. The summed E-state index contributed by atoms with van der Waals surface area (Å²) in [5.41, 5.74) is 3.11. The van der Waals surface area contributed by atoms with Crippen molar-refractivity contribution in [2.24, 2.45) is 12.0 Å². The number of hydrogen-bond donors (Lipinski definition) is 1. The molecule has 2 aromatic rings. The van der Waals surface area contributed by atoms with Gasteiger partial charge in [0.1, 0.15) is 10.7 Å². The molecule has 0 saturated heterocycles. The molecule has 0 aliphatic carbocycles. The highest BCUT2D eigenvalue weighted by Crippen LogP contribution is 2.33. The largest absolute Gasteiger partial charge is 0.359 e. The molecule has 1 amide bonds. The van der Waals surface area contributed by atoms with Crippen molar-refractivity contribution in [3.05, 3.63) is 48.3 Å². The SMILES string of the molecule is CNC(=O)CC(C)c1ccc(-c2ncn(C)c2SC2=NCC(Cl)C=C2)cc1. The molecule has 0 saturated carbocycles. The Morgan fingerprint density at radius 3 is 2.78 bits per heavy atom. The Morgan fingerprint density at radius 2 is 2.15 bits per heavy atom. The van der Waals surface area contributed by atoms with Crippen LogP contribution in [0.25, 0.3) is 11.3 Å². The quantitative estimate of drug-likeness (QED) is 0.769. The average Bonchev–Trinajstić information content (AvgIpc) is 3.04. The fourth-order valence-electron chi connectivity index (χ4n) is 2.85. The van der Waals surface area contributed by atoms with Crippen LogP contribution in [0.5, 0.6) is 0 Å². The van der Waals surface area contributed by atoms with Gasteiger partial charge in [-0.3, -0.25) is 9.79 Å². The third-order valence-corrected chi connectivity index (χ3v) is 5.91. The highest BCUT2D eigenvalue weighted by Gasteiger charge is 2.17. The smallest absolute Gasteiger partial charge is 0.220 e. The zero-order valence-corrected chi connectivity index (χ0v) is 17.2. The first-order chi connectivity index (χ1) is 13.0. The van der Waals surface area contributed by atoms with Crippen molar-refractivity contribution >= 4 is 34.3 Å². The maximum absolute atomic E-state index is 11.6. The number of rotatable bonds is 5. The summed E-state index contributed by atoms with van der Waals surface area (Å²) in [6.07, 6.45) is 6.23. The first-order valence-corrected chi connectivity index (χ1v) is 10.1. The average molecular weight is 403 g/mol. The summed E-state index contributed by atoms with van der Waals surface area (Å²) >= 11 is 7.65. The van der Waals surface area contributed by atoms with Gasteiger partial charge in [-0.05, 0) is 17.6 Å². The van der Waals surface area contributed by atoms with Crippen LogP contribution in [0.1, 0.15) is 24.8 Å². The number of carbonyl (C=O) groups is 1. The van der Waals surface area contributed by atoms with E-state index in [1.165, 1.54) is 0 Å². The molecule has 2 unspecified atom stereocenters. The van der Waals surface area contributed by atoms with Crippen molar-refractivity contribution < 1.29 is 4.79 Å². The predicted octanol–water partition coefficient (Wildman–Crippen LogP) is 3.99. The van der Waals surface area contributed by atoms with Crippen LogP contribution in [0, 0.1) is 0 Å². The standard InChI is InChI=1S/C20H23ClN4OS/c1-13(10-17(26)22-2)14-4-6-15(7-5-14)19-20(25(3)12-24-19)27-18-9-8-16(21)11-23-18/h4-9,12-13,16H,10-11H2,1-3H3,(H,22,26). The molecule has 0 radical (unpaired) electrons. The van der Waals surface area contributed by atoms with Gasteiger partial charge in [-0.25, -0.2) is 4.98 Å². The number of nitrogens with one attached hydrogen (secondary N) is 1. The van der Waals surface area contributed by atoms with E-state index in [0.29, 0.717) is 13.0 Å². The molecular weight excluding hydrogens is 380 g/mol. The van der Waals surface area contributed by atoms with Crippen molar-refractivity contribution in [2.75, 3.05) is 13.6 Å². The Labute approximate surface area is 168 Å². The second-order valence-corrected chi connectivity index (χ2v) is 8.14. The van der Waals surface area contributed by atoms with Crippen LogP contribution in [0.2, 0.25) is 0 Å². The van der Waals surface area contributed by atoms with E-state index in [1.54, 1.807) is 18.8 Å². The molecule has 1 aliphatic rings. The fourth-order valence-corrected chi connectivity index (χ4v) is 3.93. The zero-order valence-electron chi connectivity index (χ0n) is 15.6. The van der Waals surface area contributed by atoms with Gasteiger partial charge in [0.25, 0.3) is 0 Å². The van der Waals surface area contributed by atoms with Crippen molar-refractivity contribution in [3.63, 3.8) is 0 Å². The molecule has 7 heteroatoms. The van der Waals surface area contributed by atoms with Gasteiger partial charge in [-0.15, -0.1) is 11.6 Å². The molecule has 3 rings (SSSR count). The summed E-state index contributed by atoms with van der Waals surface area (Å²) < 4.78 is 2.01. The number of amides is 1. The molecule has 142 valence electrons. The third-order valence-electron chi connectivity index (χ3n) is 4.48. The van der Waals surface area contributed by atoms with Crippen LogP contribution in [0.4, 0.5) is 0 Å². The molecule has 1 aromatic heterocycles. The number of benzene rings is 1. The summed E-state index contributed by atoms with van der Waals surface area (Å²) in [6.45, 7) is 2.66. The first-order valence-electron chi connectivity index (χ1n) is 8.84. The number of nitrogens with zero attached hydrogens (tertiary/aromatic N) is 3.